The van der Waals surface area contributed by atoms with Crippen molar-refractivity contribution in [2.24, 2.45) is 0 Å². The number of aromatic nitrogens is 2. The van der Waals surface area contributed by atoms with Gasteiger partial charge in [0.1, 0.15) is 11.6 Å². The van der Waals surface area contributed by atoms with Gasteiger partial charge in [0.25, 0.3) is 0 Å². The Kier molecular flexibility index (Phi) is 6.74. The van der Waals surface area contributed by atoms with Crippen LogP contribution < -0.4 is 10.1 Å². The third-order valence-electron chi connectivity index (χ3n) is 5.74. The summed E-state index contributed by atoms with van der Waals surface area (Å²) in [5, 5.41) is 4.94. The Morgan fingerprint density at radius 1 is 0.944 bits per heavy atom. The molecule has 36 heavy (non-hydrogen) atoms. The number of nitrogens with zero attached hydrogens (tertiary/aromatic N) is 2. The highest BCUT2D eigenvalue weighted by molar-refractivity contribution is 6.32. The fourth-order valence-electron chi connectivity index (χ4n) is 3.82. The minimum Gasteiger partial charge on any atom is -0.497 e. The number of benzene rings is 3. The number of fused-ring (bicyclic) bond motifs is 1. The average Bonchev–Trinajstić information content (AvgIpc) is 2.92. The van der Waals surface area contributed by atoms with Gasteiger partial charge in [0.15, 0.2) is 11.4 Å². The quantitative estimate of drug-likeness (QED) is 0.187. The van der Waals surface area contributed by atoms with E-state index in [2.05, 4.69) is 16.4 Å². The third-order valence-corrected chi connectivity index (χ3v) is 6.09. The van der Waals surface area contributed by atoms with Gasteiger partial charge in [-0.05, 0) is 83.9 Å². The number of carbonyl (C=O) groups is 1. The molecule has 0 fully saturated rings. The topological polar surface area (TPSA) is 64.1 Å². The van der Waals surface area contributed by atoms with E-state index in [4.69, 9.17) is 21.3 Å². The van der Waals surface area contributed by atoms with Crippen LogP contribution in [-0.4, -0.2) is 22.9 Å². The Morgan fingerprint density at radius 3 is 2.47 bits per heavy atom. The third kappa shape index (κ3) is 5.11. The van der Waals surface area contributed by atoms with Crippen molar-refractivity contribution in [2.75, 3.05) is 12.4 Å². The summed E-state index contributed by atoms with van der Waals surface area (Å²) in [5.74, 6) is 1.35. The molecule has 0 saturated carbocycles. The second kappa shape index (κ2) is 10.4. The van der Waals surface area contributed by atoms with Crippen molar-refractivity contribution in [1.29, 1.82) is 0 Å². The number of rotatable bonds is 7. The van der Waals surface area contributed by atoms with Crippen LogP contribution in [0.5, 0.6) is 5.75 Å². The molecule has 0 saturated heterocycles. The molecular formula is C30H22ClN3O2. The molecule has 5 nitrogen and oxygen atoms in total. The molecule has 6 heteroatoms. The van der Waals surface area contributed by atoms with Crippen LogP contribution in [0.2, 0.25) is 5.02 Å². The highest BCUT2D eigenvalue weighted by Crippen LogP contribution is 2.32. The van der Waals surface area contributed by atoms with Crippen LogP contribution in [0.4, 0.5) is 11.5 Å². The lowest BCUT2D eigenvalue weighted by Gasteiger charge is -2.13. The first kappa shape index (κ1) is 23.3. The van der Waals surface area contributed by atoms with Crippen LogP contribution >= 0.6 is 11.6 Å². The smallest absolute Gasteiger partial charge is 0.185 e. The highest BCUT2D eigenvalue weighted by Gasteiger charge is 2.11. The second-order valence-corrected chi connectivity index (χ2v) is 8.49. The van der Waals surface area contributed by atoms with Gasteiger partial charge in [-0.25, -0.2) is 9.97 Å². The summed E-state index contributed by atoms with van der Waals surface area (Å²) < 4.78 is 5.30. The molecule has 0 aliphatic rings. The van der Waals surface area contributed by atoms with Crippen molar-refractivity contribution in [3.05, 3.63) is 119 Å². The lowest BCUT2D eigenvalue weighted by molar-refractivity contribution is 0.104. The van der Waals surface area contributed by atoms with Gasteiger partial charge in [-0.2, -0.15) is 0 Å². The zero-order chi connectivity index (χ0) is 24.9. The first-order valence-corrected chi connectivity index (χ1v) is 11.7. The van der Waals surface area contributed by atoms with E-state index in [1.807, 2.05) is 66.7 Å². The molecule has 0 aliphatic heterocycles. The van der Waals surface area contributed by atoms with E-state index in [9.17, 15) is 4.79 Å². The lowest BCUT2D eigenvalue weighted by atomic mass is 10.0. The van der Waals surface area contributed by atoms with Crippen molar-refractivity contribution in [1.82, 2.24) is 9.97 Å². The molecule has 0 aliphatic carbocycles. The summed E-state index contributed by atoms with van der Waals surface area (Å²) in [5.41, 5.74) is 4.75. The van der Waals surface area contributed by atoms with Gasteiger partial charge in [-0.1, -0.05) is 41.9 Å². The zero-order valence-corrected chi connectivity index (χ0v) is 20.2. The van der Waals surface area contributed by atoms with Crippen molar-refractivity contribution < 1.29 is 9.53 Å². The minimum absolute atomic E-state index is 0.103. The van der Waals surface area contributed by atoms with Gasteiger partial charge >= 0.3 is 0 Å². The predicted molar refractivity (Wildman–Crippen MR) is 146 cm³/mol. The Bertz CT molecular complexity index is 1560. The second-order valence-electron chi connectivity index (χ2n) is 8.08. The van der Waals surface area contributed by atoms with Gasteiger partial charge in [0.05, 0.1) is 7.11 Å². The number of anilines is 2. The highest BCUT2D eigenvalue weighted by atomic mass is 35.5. The van der Waals surface area contributed by atoms with Crippen molar-refractivity contribution in [3.63, 3.8) is 0 Å². The number of ketones is 1. The summed E-state index contributed by atoms with van der Waals surface area (Å²) in [7, 11) is 1.65. The number of carbonyl (C=O) groups excluding carboxylic acids is 1. The largest absolute Gasteiger partial charge is 0.497 e. The van der Waals surface area contributed by atoms with E-state index < -0.39 is 0 Å². The van der Waals surface area contributed by atoms with Gasteiger partial charge in [-0.3, -0.25) is 4.79 Å². The summed E-state index contributed by atoms with van der Waals surface area (Å²) >= 11 is 6.17. The Balaban J connectivity index is 1.42. The standard InChI is InChI=1S/C30H22ClN3O2/c1-36-25-15-10-20(11-16-25)26-19-23-6-4-18-32-29(23)34-30(26)33-24-13-8-22(9-14-24)28(35)17-12-21-5-2-3-7-27(21)31/h2-19H,1H3,(H,32,33,34)/b17-12+. The molecule has 5 aromatic rings. The average molecular weight is 492 g/mol. The van der Waals surface area contributed by atoms with E-state index in [-0.39, 0.29) is 5.78 Å². The van der Waals surface area contributed by atoms with Crippen LogP contribution in [0.25, 0.3) is 28.2 Å². The number of hydrogen-bond donors (Lipinski definition) is 1. The maximum absolute atomic E-state index is 12.7. The predicted octanol–water partition coefficient (Wildman–Crippen LogP) is 7.60. The molecule has 0 unspecified atom stereocenters. The molecule has 2 aromatic heterocycles. The molecular weight excluding hydrogens is 470 g/mol. The maximum Gasteiger partial charge on any atom is 0.185 e. The van der Waals surface area contributed by atoms with E-state index in [1.165, 1.54) is 6.08 Å². The SMILES string of the molecule is COc1ccc(-c2cc3cccnc3nc2Nc2ccc(C(=O)/C=C/c3ccccc3Cl)cc2)cc1. The normalized spacial score (nSPS) is 11.1. The van der Waals surface area contributed by atoms with Crippen molar-refractivity contribution in [2.45, 2.75) is 0 Å². The fraction of sp³-hybridized carbons (Fsp3) is 0.0333. The molecule has 0 atom stereocenters. The number of nitrogens with one attached hydrogen (secondary N) is 1. The Morgan fingerprint density at radius 2 is 1.72 bits per heavy atom. The maximum atomic E-state index is 12.7. The fourth-order valence-corrected chi connectivity index (χ4v) is 4.02. The van der Waals surface area contributed by atoms with Crippen LogP contribution in [0.15, 0.2) is 103 Å². The molecule has 0 radical (unpaired) electrons. The summed E-state index contributed by atoms with van der Waals surface area (Å²) in [6, 6.07) is 28.5. The van der Waals surface area contributed by atoms with Gasteiger partial charge in [-0.15, -0.1) is 0 Å². The number of methoxy groups -OCH3 is 1. The summed E-state index contributed by atoms with van der Waals surface area (Å²) in [6.07, 6.45) is 4.98. The van der Waals surface area contributed by atoms with Crippen molar-refractivity contribution >= 4 is 46.0 Å². The Labute approximate surface area is 214 Å². The molecule has 0 bridgehead atoms. The molecule has 5 rings (SSSR count). The van der Waals surface area contributed by atoms with Gasteiger partial charge in [0.2, 0.25) is 0 Å². The van der Waals surface area contributed by atoms with Gasteiger partial charge < -0.3 is 10.1 Å². The van der Waals surface area contributed by atoms with E-state index >= 15 is 0 Å². The van der Waals surface area contributed by atoms with Crippen LogP contribution in [0.1, 0.15) is 15.9 Å². The number of pyridine rings is 2. The van der Waals surface area contributed by atoms with E-state index in [0.717, 1.165) is 33.5 Å². The molecule has 0 spiro atoms. The van der Waals surface area contributed by atoms with E-state index in [0.29, 0.717) is 22.1 Å². The molecule has 0 amide bonds. The number of hydrogen-bond acceptors (Lipinski definition) is 5. The first-order chi connectivity index (χ1) is 17.6. The number of allylic oxidation sites excluding steroid dienone is 1. The minimum atomic E-state index is -0.103. The summed E-state index contributed by atoms with van der Waals surface area (Å²) in [6.45, 7) is 0. The summed E-state index contributed by atoms with van der Waals surface area (Å²) in [4.78, 5) is 21.8. The van der Waals surface area contributed by atoms with Crippen LogP contribution in [0.3, 0.4) is 0 Å². The van der Waals surface area contributed by atoms with Gasteiger partial charge in [0, 0.05) is 33.4 Å². The first-order valence-electron chi connectivity index (χ1n) is 11.3. The zero-order valence-electron chi connectivity index (χ0n) is 19.5. The van der Waals surface area contributed by atoms with Crippen molar-refractivity contribution in [3.8, 4) is 16.9 Å². The number of halogens is 1. The van der Waals surface area contributed by atoms with Crippen LogP contribution in [0, 0.1) is 0 Å². The molecule has 1 N–H and O–H groups in total. The monoisotopic (exact) mass is 491 g/mol. The molecule has 176 valence electrons. The molecule has 3 aromatic carbocycles. The Hall–Kier alpha value is -4.48. The lowest BCUT2D eigenvalue weighted by Crippen LogP contribution is -2.00. The molecule has 2 heterocycles. The van der Waals surface area contributed by atoms with Crippen LogP contribution in [-0.2, 0) is 0 Å². The van der Waals surface area contributed by atoms with E-state index in [1.54, 1.807) is 37.6 Å². The number of ether oxygens (including phenoxy) is 1.